The molecule has 17 heavy (non-hydrogen) atoms. The van der Waals surface area contributed by atoms with Crippen LogP contribution in [-0.4, -0.2) is 35.6 Å². The largest absolute Gasteiger partial charge is 0.480 e. The molecule has 0 bridgehead atoms. The molecule has 1 aliphatic rings. The Kier molecular flexibility index (Phi) is 3.33. The predicted molar refractivity (Wildman–Crippen MR) is 63.8 cm³/mol. The van der Waals surface area contributed by atoms with Crippen molar-refractivity contribution >= 4 is 5.91 Å². The molecule has 1 aromatic rings. The number of aryl methyl sites for hydroxylation is 1. The molecule has 2 rings (SSSR count). The van der Waals surface area contributed by atoms with E-state index >= 15 is 0 Å². The van der Waals surface area contributed by atoms with Crippen LogP contribution in [0.1, 0.15) is 17.5 Å². The summed E-state index contributed by atoms with van der Waals surface area (Å²) in [5, 5.41) is 9.26. The summed E-state index contributed by atoms with van der Waals surface area (Å²) in [5.74, 6) is 0.654. The van der Waals surface area contributed by atoms with Crippen molar-refractivity contribution < 1.29 is 14.6 Å². The maximum atomic E-state index is 11.8. The van der Waals surface area contributed by atoms with Gasteiger partial charge in [-0.15, -0.1) is 0 Å². The van der Waals surface area contributed by atoms with E-state index in [9.17, 15) is 9.90 Å². The third-order valence-electron chi connectivity index (χ3n) is 3.10. The molecule has 1 aliphatic heterocycles. The number of nitrogens with zero attached hydrogens (tertiary/aromatic N) is 1. The van der Waals surface area contributed by atoms with Crippen molar-refractivity contribution in [1.82, 2.24) is 4.90 Å². The van der Waals surface area contributed by atoms with Gasteiger partial charge in [-0.2, -0.15) is 0 Å². The summed E-state index contributed by atoms with van der Waals surface area (Å²) >= 11 is 0. The van der Waals surface area contributed by atoms with Gasteiger partial charge in [-0.3, -0.25) is 4.79 Å². The Hall–Kier alpha value is -1.55. The zero-order valence-electron chi connectivity index (χ0n) is 10.1. The number of aliphatic hydroxyl groups excluding tert-OH is 1. The number of carbonyl (C=O) groups is 1. The number of aliphatic hydroxyl groups is 1. The first-order chi connectivity index (χ1) is 8.13. The van der Waals surface area contributed by atoms with E-state index in [1.165, 1.54) is 0 Å². The standard InChI is InChI=1S/C13H17NO3/c1-9-4-3-5-10(8-15)12(9)17-11-6-7-14(2)13(11)16/h3-5,11,15H,6-8H2,1-2H3. The number of ether oxygens (including phenoxy) is 1. The van der Waals surface area contributed by atoms with Crippen LogP contribution < -0.4 is 4.74 Å². The van der Waals surface area contributed by atoms with Crippen LogP contribution in [0, 0.1) is 6.92 Å². The van der Waals surface area contributed by atoms with E-state index in [1.807, 2.05) is 25.1 Å². The highest BCUT2D eigenvalue weighted by molar-refractivity contribution is 5.83. The Bertz CT molecular complexity index is 431. The highest BCUT2D eigenvalue weighted by Gasteiger charge is 2.31. The van der Waals surface area contributed by atoms with Gasteiger partial charge in [0.1, 0.15) is 5.75 Å². The van der Waals surface area contributed by atoms with Crippen molar-refractivity contribution in [2.45, 2.75) is 26.1 Å². The molecule has 1 aromatic carbocycles. The number of likely N-dealkylation sites (tertiary alicyclic amines) is 1. The summed E-state index contributed by atoms with van der Waals surface area (Å²) in [5.41, 5.74) is 1.67. The normalized spacial score (nSPS) is 19.8. The van der Waals surface area contributed by atoms with Crippen molar-refractivity contribution in [3.63, 3.8) is 0 Å². The SMILES string of the molecule is Cc1cccc(CO)c1OC1CCN(C)C1=O. The molecule has 0 aromatic heterocycles. The molecule has 1 N–H and O–H groups in total. The number of hydrogen-bond acceptors (Lipinski definition) is 3. The summed E-state index contributed by atoms with van der Waals surface area (Å²) in [4.78, 5) is 13.4. The molecule has 1 fully saturated rings. The Labute approximate surface area is 101 Å². The van der Waals surface area contributed by atoms with Crippen LogP contribution in [0.25, 0.3) is 0 Å². The van der Waals surface area contributed by atoms with Gasteiger partial charge in [0.15, 0.2) is 6.10 Å². The zero-order valence-corrected chi connectivity index (χ0v) is 10.1. The van der Waals surface area contributed by atoms with Crippen molar-refractivity contribution in [1.29, 1.82) is 0 Å². The lowest BCUT2D eigenvalue weighted by molar-refractivity contribution is -0.132. The molecular weight excluding hydrogens is 218 g/mol. The van der Waals surface area contributed by atoms with E-state index in [0.29, 0.717) is 12.2 Å². The third-order valence-corrected chi connectivity index (χ3v) is 3.10. The highest BCUT2D eigenvalue weighted by Crippen LogP contribution is 2.26. The smallest absolute Gasteiger partial charge is 0.263 e. The first kappa shape index (κ1) is 11.9. The van der Waals surface area contributed by atoms with Gasteiger partial charge in [-0.25, -0.2) is 0 Å². The fourth-order valence-corrected chi connectivity index (χ4v) is 2.05. The number of likely N-dealkylation sites (N-methyl/N-ethyl adjacent to an activating group) is 1. The minimum absolute atomic E-state index is 0.0112. The van der Waals surface area contributed by atoms with Crippen molar-refractivity contribution in [3.8, 4) is 5.75 Å². The summed E-state index contributed by atoms with van der Waals surface area (Å²) in [6, 6.07) is 5.60. The molecule has 0 aliphatic carbocycles. The maximum Gasteiger partial charge on any atom is 0.263 e. The lowest BCUT2D eigenvalue weighted by atomic mass is 10.1. The van der Waals surface area contributed by atoms with E-state index in [1.54, 1.807) is 11.9 Å². The van der Waals surface area contributed by atoms with Crippen molar-refractivity contribution in [3.05, 3.63) is 29.3 Å². The first-order valence-corrected chi connectivity index (χ1v) is 5.74. The molecule has 4 heteroatoms. The van der Waals surface area contributed by atoms with Crippen LogP contribution in [0.3, 0.4) is 0 Å². The number of amides is 1. The maximum absolute atomic E-state index is 11.8. The number of hydrogen-bond donors (Lipinski definition) is 1. The lowest BCUT2D eigenvalue weighted by Crippen LogP contribution is -2.29. The van der Waals surface area contributed by atoms with Crippen molar-refractivity contribution in [2.24, 2.45) is 0 Å². The van der Waals surface area contributed by atoms with E-state index in [0.717, 1.165) is 17.7 Å². The average molecular weight is 235 g/mol. The lowest BCUT2D eigenvalue weighted by Gasteiger charge is -2.17. The van der Waals surface area contributed by atoms with E-state index in [4.69, 9.17) is 4.74 Å². The summed E-state index contributed by atoms with van der Waals surface area (Å²) < 4.78 is 5.76. The summed E-state index contributed by atoms with van der Waals surface area (Å²) in [7, 11) is 1.77. The topological polar surface area (TPSA) is 49.8 Å². The van der Waals surface area contributed by atoms with Gasteiger partial charge in [-0.1, -0.05) is 18.2 Å². The predicted octanol–water partition coefficient (Wildman–Crippen LogP) is 1.10. The molecule has 0 saturated carbocycles. The first-order valence-electron chi connectivity index (χ1n) is 5.74. The molecule has 0 radical (unpaired) electrons. The molecule has 1 heterocycles. The van der Waals surface area contributed by atoms with Gasteiger partial charge in [0, 0.05) is 25.6 Å². The van der Waals surface area contributed by atoms with Gasteiger partial charge in [0.25, 0.3) is 5.91 Å². The number of para-hydroxylation sites is 1. The second-order valence-electron chi connectivity index (χ2n) is 4.38. The van der Waals surface area contributed by atoms with Crippen LogP contribution in [0.2, 0.25) is 0 Å². The molecule has 1 atom stereocenters. The Balaban J connectivity index is 2.21. The molecule has 0 spiro atoms. The van der Waals surface area contributed by atoms with Gasteiger partial charge < -0.3 is 14.7 Å². The summed E-state index contributed by atoms with van der Waals surface area (Å²) in [6.07, 6.45) is 0.292. The number of carbonyl (C=O) groups excluding carboxylic acids is 1. The molecule has 1 amide bonds. The minimum Gasteiger partial charge on any atom is -0.480 e. The van der Waals surface area contributed by atoms with Crippen LogP contribution >= 0.6 is 0 Å². The van der Waals surface area contributed by atoms with E-state index < -0.39 is 6.10 Å². The molecular formula is C13H17NO3. The van der Waals surface area contributed by atoms with Gasteiger partial charge in [0.2, 0.25) is 0 Å². The monoisotopic (exact) mass is 235 g/mol. The van der Waals surface area contributed by atoms with Gasteiger partial charge in [0.05, 0.1) is 6.61 Å². The Morgan fingerprint density at radius 1 is 1.53 bits per heavy atom. The fraction of sp³-hybridized carbons (Fsp3) is 0.462. The van der Waals surface area contributed by atoms with Crippen LogP contribution in [-0.2, 0) is 11.4 Å². The molecule has 4 nitrogen and oxygen atoms in total. The molecule has 92 valence electrons. The Morgan fingerprint density at radius 2 is 2.29 bits per heavy atom. The molecule has 1 saturated heterocycles. The van der Waals surface area contributed by atoms with E-state index in [-0.39, 0.29) is 12.5 Å². The van der Waals surface area contributed by atoms with Crippen LogP contribution in [0.4, 0.5) is 0 Å². The number of rotatable bonds is 3. The van der Waals surface area contributed by atoms with E-state index in [2.05, 4.69) is 0 Å². The van der Waals surface area contributed by atoms with Crippen molar-refractivity contribution in [2.75, 3.05) is 13.6 Å². The second kappa shape index (κ2) is 4.75. The zero-order chi connectivity index (χ0) is 12.4. The number of benzene rings is 1. The highest BCUT2D eigenvalue weighted by atomic mass is 16.5. The second-order valence-corrected chi connectivity index (χ2v) is 4.38. The summed E-state index contributed by atoms with van der Waals surface area (Å²) in [6.45, 7) is 2.56. The van der Waals surface area contributed by atoms with Gasteiger partial charge in [-0.05, 0) is 12.5 Å². The Morgan fingerprint density at radius 3 is 2.88 bits per heavy atom. The van der Waals surface area contributed by atoms with Crippen LogP contribution in [0.15, 0.2) is 18.2 Å². The fourth-order valence-electron chi connectivity index (χ4n) is 2.05. The quantitative estimate of drug-likeness (QED) is 0.853. The van der Waals surface area contributed by atoms with Crippen LogP contribution in [0.5, 0.6) is 5.75 Å². The third kappa shape index (κ3) is 2.26. The van der Waals surface area contributed by atoms with Gasteiger partial charge >= 0.3 is 0 Å². The molecule has 1 unspecified atom stereocenters. The average Bonchev–Trinajstić information content (AvgIpc) is 2.63. The minimum atomic E-state index is -0.411.